The molecule has 2 N–H and O–H groups in total. The van der Waals surface area contributed by atoms with Crippen molar-refractivity contribution in [2.24, 2.45) is 0 Å². The van der Waals surface area contributed by atoms with Crippen LogP contribution in [0.4, 0.5) is 0 Å². The fraction of sp³-hybridized carbons (Fsp3) is 0.667. The van der Waals surface area contributed by atoms with Crippen molar-refractivity contribution in [1.82, 2.24) is 9.88 Å². The molecule has 3 heteroatoms. The standard InChI is InChI=1S/C12H22N2O/c1-4-13-9-11-5-7-14(10-11)8-6-12(2,3)15/h5,7,10,13,15H,4,6,8-9H2,1-3H3. The van der Waals surface area contributed by atoms with Gasteiger partial charge in [0.15, 0.2) is 0 Å². The van der Waals surface area contributed by atoms with Crippen LogP contribution in [0.5, 0.6) is 0 Å². The zero-order valence-corrected chi connectivity index (χ0v) is 9.95. The second-order valence-corrected chi connectivity index (χ2v) is 4.60. The van der Waals surface area contributed by atoms with Gasteiger partial charge in [0.2, 0.25) is 0 Å². The smallest absolute Gasteiger partial charge is 0.0608 e. The van der Waals surface area contributed by atoms with Gasteiger partial charge in [-0.05, 0) is 38.4 Å². The average Bonchev–Trinajstić information content (AvgIpc) is 2.58. The van der Waals surface area contributed by atoms with Gasteiger partial charge in [0.25, 0.3) is 0 Å². The molecule has 0 aliphatic rings. The summed E-state index contributed by atoms with van der Waals surface area (Å²) >= 11 is 0. The Morgan fingerprint density at radius 2 is 2.20 bits per heavy atom. The van der Waals surface area contributed by atoms with E-state index in [-0.39, 0.29) is 0 Å². The van der Waals surface area contributed by atoms with Gasteiger partial charge >= 0.3 is 0 Å². The lowest BCUT2D eigenvalue weighted by atomic mass is 10.1. The SMILES string of the molecule is CCNCc1ccn(CCC(C)(C)O)c1. The van der Waals surface area contributed by atoms with Crippen molar-refractivity contribution in [3.8, 4) is 0 Å². The number of aliphatic hydroxyl groups is 1. The molecule has 0 unspecified atom stereocenters. The van der Waals surface area contributed by atoms with Gasteiger partial charge in [0.1, 0.15) is 0 Å². The van der Waals surface area contributed by atoms with Gasteiger partial charge in [-0.2, -0.15) is 0 Å². The molecule has 0 amide bonds. The molecule has 15 heavy (non-hydrogen) atoms. The molecular weight excluding hydrogens is 188 g/mol. The summed E-state index contributed by atoms with van der Waals surface area (Å²) in [7, 11) is 0. The molecule has 0 saturated heterocycles. The molecule has 1 aromatic rings. The van der Waals surface area contributed by atoms with E-state index in [1.54, 1.807) is 0 Å². The summed E-state index contributed by atoms with van der Waals surface area (Å²) < 4.78 is 2.13. The zero-order chi connectivity index (χ0) is 11.3. The zero-order valence-electron chi connectivity index (χ0n) is 9.95. The van der Waals surface area contributed by atoms with Crippen LogP contribution in [-0.2, 0) is 13.1 Å². The summed E-state index contributed by atoms with van der Waals surface area (Å²) in [4.78, 5) is 0. The Labute approximate surface area is 92.1 Å². The van der Waals surface area contributed by atoms with Crippen LogP contribution in [0.3, 0.4) is 0 Å². The first-order valence-corrected chi connectivity index (χ1v) is 5.59. The molecule has 0 spiro atoms. The van der Waals surface area contributed by atoms with E-state index in [9.17, 15) is 5.11 Å². The fourth-order valence-corrected chi connectivity index (χ4v) is 1.41. The number of aryl methyl sites for hydroxylation is 1. The first kappa shape index (κ1) is 12.3. The monoisotopic (exact) mass is 210 g/mol. The van der Waals surface area contributed by atoms with E-state index < -0.39 is 5.60 Å². The van der Waals surface area contributed by atoms with E-state index in [4.69, 9.17) is 0 Å². The molecule has 1 rings (SSSR count). The minimum atomic E-state index is -0.577. The number of aromatic nitrogens is 1. The number of nitrogens with zero attached hydrogens (tertiary/aromatic N) is 1. The van der Waals surface area contributed by atoms with Crippen molar-refractivity contribution >= 4 is 0 Å². The minimum Gasteiger partial charge on any atom is -0.390 e. The average molecular weight is 210 g/mol. The van der Waals surface area contributed by atoms with Crippen LogP contribution < -0.4 is 5.32 Å². The molecular formula is C12H22N2O. The van der Waals surface area contributed by atoms with Crippen molar-refractivity contribution in [1.29, 1.82) is 0 Å². The van der Waals surface area contributed by atoms with Crippen LogP contribution >= 0.6 is 0 Å². The highest BCUT2D eigenvalue weighted by Crippen LogP contribution is 2.10. The first-order chi connectivity index (χ1) is 7.01. The summed E-state index contributed by atoms with van der Waals surface area (Å²) in [6, 6.07) is 2.12. The lowest BCUT2D eigenvalue weighted by Crippen LogP contribution is -2.20. The fourth-order valence-electron chi connectivity index (χ4n) is 1.41. The molecule has 0 radical (unpaired) electrons. The maximum atomic E-state index is 9.60. The van der Waals surface area contributed by atoms with Gasteiger partial charge in [-0.1, -0.05) is 6.92 Å². The lowest BCUT2D eigenvalue weighted by molar-refractivity contribution is 0.0662. The molecule has 0 atom stereocenters. The second kappa shape index (κ2) is 5.33. The number of nitrogens with one attached hydrogen (secondary N) is 1. The molecule has 1 aromatic heterocycles. The van der Waals surface area contributed by atoms with Gasteiger partial charge in [-0.3, -0.25) is 0 Å². The summed E-state index contributed by atoms with van der Waals surface area (Å²) in [6.45, 7) is 8.58. The molecule has 0 bridgehead atoms. The topological polar surface area (TPSA) is 37.2 Å². The van der Waals surface area contributed by atoms with Gasteiger partial charge in [-0.25, -0.2) is 0 Å². The van der Waals surface area contributed by atoms with Crippen LogP contribution in [0.2, 0.25) is 0 Å². The highest BCUT2D eigenvalue weighted by Gasteiger charge is 2.11. The molecule has 0 fully saturated rings. The summed E-state index contributed by atoms with van der Waals surface area (Å²) in [6.07, 6.45) is 4.98. The van der Waals surface area contributed by atoms with E-state index >= 15 is 0 Å². The Balaban J connectivity index is 2.39. The second-order valence-electron chi connectivity index (χ2n) is 4.60. The maximum Gasteiger partial charge on any atom is 0.0608 e. The van der Waals surface area contributed by atoms with Crippen LogP contribution in [0.1, 0.15) is 32.8 Å². The molecule has 0 aliphatic heterocycles. The number of hydrogen-bond acceptors (Lipinski definition) is 2. The molecule has 3 nitrogen and oxygen atoms in total. The normalized spacial score (nSPS) is 12.0. The van der Waals surface area contributed by atoms with E-state index in [1.165, 1.54) is 5.56 Å². The Kier molecular flexibility index (Phi) is 4.36. The van der Waals surface area contributed by atoms with E-state index in [0.717, 1.165) is 26.1 Å². The first-order valence-electron chi connectivity index (χ1n) is 5.59. The van der Waals surface area contributed by atoms with Gasteiger partial charge in [0.05, 0.1) is 5.60 Å². The van der Waals surface area contributed by atoms with E-state index in [1.807, 2.05) is 13.8 Å². The van der Waals surface area contributed by atoms with Crippen LogP contribution in [-0.4, -0.2) is 21.8 Å². The van der Waals surface area contributed by atoms with E-state index in [2.05, 4.69) is 35.3 Å². The maximum absolute atomic E-state index is 9.60. The highest BCUT2D eigenvalue weighted by molar-refractivity contribution is 5.09. The third kappa shape index (κ3) is 5.00. The van der Waals surface area contributed by atoms with Crippen molar-refractivity contribution in [3.05, 3.63) is 24.0 Å². The molecule has 0 saturated carbocycles. The molecule has 0 aromatic carbocycles. The van der Waals surface area contributed by atoms with Gasteiger partial charge in [0, 0.05) is 25.5 Å². The Morgan fingerprint density at radius 1 is 1.47 bits per heavy atom. The Bertz CT molecular complexity index is 286. The minimum absolute atomic E-state index is 0.577. The predicted octanol–water partition coefficient (Wildman–Crippen LogP) is 1.76. The van der Waals surface area contributed by atoms with Gasteiger partial charge in [-0.15, -0.1) is 0 Å². The number of rotatable bonds is 6. The Morgan fingerprint density at radius 3 is 2.80 bits per heavy atom. The van der Waals surface area contributed by atoms with Crippen molar-refractivity contribution < 1.29 is 5.11 Å². The predicted molar refractivity (Wildman–Crippen MR) is 62.7 cm³/mol. The molecule has 0 aliphatic carbocycles. The van der Waals surface area contributed by atoms with E-state index in [0.29, 0.717) is 0 Å². The molecule has 86 valence electrons. The summed E-state index contributed by atoms with van der Waals surface area (Å²) in [5, 5.41) is 12.9. The largest absolute Gasteiger partial charge is 0.390 e. The summed E-state index contributed by atoms with van der Waals surface area (Å²) in [5.41, 5.74) is 0.721. The lowest BCUT2D eigenvalue weighted by Gasteiger charge is -2.16. The quantitative estimate of drug-likeness (QED) is 0.750. The summed E-state index contributed by atoms with van der Waals surface area (Å²) in [5.74, 6) is 0. The van der Waals surface area contributed by atoms with Crippen LogP contribution in [0.25, 0.3) is 0 Å². The number of hydrogen-bond donors (Lipinski definition) is 2. The van der Waals surface area contributed by atoms with Crippen LogP contribution in [0.15, 0.2) is 18.5 Å². The van der Waals surface area contributed by atoms with Gasteiger partial charge < -0.3 is 15.0 Å². The van der Waals surface area contributed by atoms with Crippen molar-refractivity contribution in [3.63, 3.8) is 0 Å². The third-order valence-electron chi connectivity index (χ3n) is 2.37. The van der Waals surface area contributed by atoms with Crippen molar-refractivity contribution in [2.75, 3.05) is 6.54 Å². The van der Waals surface area contributed by atoms with Crippen molar-refractivity contribution in [2.45, 2.75) is 45.9 Å². The Hall–Kier alpha value is -0.800. The third-order valence-corrected chi connectivity index (χ3v) is 2.37. The molecule has 1 heterocycles. The highest BCUT2D eigenvalue weighted by atomic mass is 16.3. The van der Waals surface area contributed by atoms with Crippen LogP contribution in [0, 0.1) is 0 Å².